The highest BCUT2D eigenvalue weighted by molar-refractivity contribution is 6.01. The average molecular weight is 511 g/mol. The zero-order valence-corrected chi connectivity index (χ0v) is 21.5. The average Bonchev–Trinajstić information content (AvgIpc) is 3.37. The molecule has 0 saturated carbocycles. The van der Waals surface area contributed by atoms with E-state index >= 15 is 4.39 Å². The minimum Gasteiger partial charge on any atom is -0.496 e. The summed E-state index contributed by atoms with van der Waals surface area (Å²) in [5, 5.41) is 11.3. The summed E-state index contributed by atoms with van der Waals surface area (Å²) in [5.74, 6) is -0.186. The molecule has 0 bridgehead atoms. The van der Waals surface area contributed by atoms with Gasteiger partial charge in [0, 0.05) is 49.2 Å². The standard InChI is InChI=1S/C29H27FN6O2/c1-17(18-8-7-11-31-15-18)33-27-23(29(37)36(2)3)12-19(14-24(27)30)20-13-22-26(34-35-28(22)32-16-20)21-9-5-6-10-25(21)38-4/h5-17,33H,1-4H3,(H,32,34,35). The van der Waals surface area contributed by atoms with E-state index in [4.69, 9.17) is 4.74 Å². The van der Waals surface area contributed by atoms with Crippen molar-refractivity contribution in [2.24, 2.45) is 0 Å². The Morgan fingerprint density at radius 1 is 1.08 bits per heavy atom. The number of benzene rings is 2. The zero-order valence-electron chi connectivity index (χ0n) is 21.5. The summed E-state index contributed by atoms with van der Waals surface area (Å²) in [6.07, 6.45) is 5.02. The van der Waals surface area contributed by atoms with Crippen molar-refractivity contribution in [2.45, 2.75) is 13.0 Å². The first-order valence-electron chi connectivity index (χ1n) is 12.1. The molecule has 0 aliphatic rings. The summed E-state index contributed by atoms with van der Waals surface area (Å²) >= 11 is 0. The second kappa shape index (κ2) is 10.3. The highest BCUT2D eigenvalue weighted by Crippen LogP contribution is 2.36. The molecule has 1 amide bonds. The molecule has 0 saturated heterocycles. The minimum atomic E-state index is -0.541. The number of amides is 1. The molecule has 8 nitrogen and oxygen atoms in total. The van der Waals surface area contributed by atoms with Crippen LogP contribution in [0.4, 0.5) is 10.1 Å². The Morgan fingerprint density at radius 3 is 2.63 bits per heavy atom. The molecule has 1 unspecified atom stereocenters. The highest BCUT2D eigenvalue weighted by Gasteiger charge is 2.22. The Kier molecular flexibility index (Phi) is 6.74. The molecule has 0 aliphatic heterocycles. The maximum absolute atomic E-state index is 15.7. The van der Waals surface area contributed by atoms with Crippen molar-refractivity contribution in [2.75, 3.05) is 26.5 Å². The number of hydrogen-bond donors (Lipinski definition) is 2. The molecule has 1 atom stereocenters. The van der Waals surface area contributed by atoms with Crippen molar-refractivity contribution in [1.29, 1.82) is 0 Å². The molecule has 3 aromatic heterocycles. The lowest BCUT2D eigenvalue weighted by atomic mass is 9.99. The van der Waals surface area contributed by atoms with Crippen LogP contribution in [0.3, 0.4) is 0 Å². The minimum absolute atomic E-state index is 0.135. The van der Waals surface area contributed by atoms with Gasteiger partial charge in [-0.1, -0.05) is 18.2 Å². The van der Waals surface area contributed by atoms with Crippen molar-refractivity contribution in [3.8, 4) is 28.1 Å². The summed E-state index contributed by atoms with van der Waals surface area (Å²) < 4.78 is 21.2. The molecule has 0 fully saturated rings. The third kappa shape index (κ3) is 4.66. The number of nitrogens with one attached hydrogen (secondary N) is 2. The number of halogens is 1. The smallest absolute Gasteiger partial charge is 0.255 e. The molecule has 38 heavy (non-hydrogen) atoms. The predicted octanol–water partition coefficient (Wildman–Crippen LogP) is 5.71. The lowest BCUT2D eigenvalue weighted by molar-refractivity contribution is 0.0828. The quantitative estimate of drug-likeness (QED) is 0.291. The maximum atomic E-state index is 15.7. The number of rotatable bonds is 7. The number of aromatic amines is 1. The zero-order chi connectivity index (χ0) is 26.8. The van der Waals surface area contributed by atoms with Gasteiger partial charge in [-0.3, -0.25) is 14.9 Å². The third-order valence-electron chi connectivity index (χ3n) is 6.38. The molecule has 3 heterocycles. The Morgan fingerprint density at radius 2 is 1.89 bits per heavy atom. The van der Waals surface area contributed by atoms with Gasteiger partial charge in [-0.15, -0.1) is 0 Å². The van der Waals surface area contributed by atoms with Crippen LogP contribution in [-0.2, 0) is 0 Å². The van der Waals surface area contributed by atoms with Crippen LogP contribution in [0.1, 0.15) is 28.9 Å². The second-order valence-corrected chi connectivity index (χ2v) is 9.13. The predicted molar refractivity (Wildman–Crippen MR) is 146 cm³/mol. The van der Waals surface area contributed by atoms with E-state index in [-0.39, 0.29) is 23.2 Å². The van der Waals surface area contributed by atoms with Crippen LogP contribution in [0.25, 0.3) is 33.4 Å². The number of methoxy groups -OCH3 is 1. The molecule has 9 heteroatoms. The van der Waals surface area contributed by atoms with Gasteiger partial charge in [0.25, 0.3) is 5.91 Å². The summed E-state index contributed by atoms with van der Waals surface area (Å²) in [6.45, 7) is 1.89. The number of H-pyrrole nitrogens is 1. The molecule has 0 radical (unpaired) electrons. The van der Waals surface area contributed by atoms with E-state index in [0.717, 1.165) is 16.5 Å². The van der Waals surface area contributed by atoms with E-state index in [1.807, 2.05) is 49.4 Å². The molecular weight excluding hydrogens is 483 g/mol. The fourth-order valence-electron chi connectivity index (χ4n) is 4.37. The fraction of sp³-hybridized carbons (Fsp3) is 0.172. The first-order chi connectivity index (χ1) is 18.4. The van der Waals surface area contributed by atoms with E-state index in [0.29, 0.717) is 28.2 Å². The molecule has 5 aromatic rings. The number of nitrogens with zero attached hydrogens (tertiary/aromatic N) is 4. The SMILES string of the molecule is COc1ccccc1-c1n[nH]c2ncc(-c3cc(F)c(NC(C)c4cccnc4)c(C(=O)N(C)C)c3)cc12. The van der Waals surface area contributed by atoms with Crippen LogP contribution < -0.4 is 10.1 Å². The summed E-state index contributed by atoms with van der Waals surface area (Å²) in [4.78, 5) is 23.2. The number of fused-ring (bicyclic) bond motifs is 1. The van der Waals surface area contributed by atoms with Gasteiger partial charge >= 0.3 is 0 Å². The Balaban J connectivity index is 1.60. The number of hydrogen-bond acceptors (Lipinski definition) is 6. The molecular formula is C29H27FN6O2. The van der Waals surface area contributed by atoms with E-state index in [2.05, 4.69) is 25.5 Å². The fourth-order valence-corrected chi connectivity index (χ4v) is 4.37. The second-order valence-electron chi connectivity index (χ2n) is 9.13. The van der Waals surface area contributed by atoms with E-state index in [1.165, 1.54) is 11.0 Å². The number of ether oxygens (including phenoxy) is 1. The monoisotopic (exact) mass is 510 g/mol. The van der Waals surface area contributed by atoms with Gasteiger partial charge in [0.05, 0.1) is 24.4 Å². The molecule has 0 aliphatic carbocycles. The summed E-state index contributed by atoms with van der Waals surface area (Å²) in [7, 11) is 4.88. The number of para-hydroxylation sites is 1. The lowest BCUT2D eigenvalue weighted by Gasteiger charge is -2.21. The van der Waals surface area contributed by atoms with Gasteiger partial charge in [-0.2, -0.15) is 5.10 Å². The van der Waals surface area contributed by atoms with Gasteiger partial charge in [0.15, 0.2) is 5.65 Å². The van der Waals surface area contributed by atoms with Gasteiger partial charge in [-0.05, 0) is 54.4 Å². The van der Waals surface area contributed by atoms with E-state index in [9.17, 15) is 4.79 Å². The maximum Gasteiger partial charge on any atom is 0.255 e. The van der Waals surface area contributed by atoms with Crippen molar-refractivity contribution in [3.63, 3.8) is 0 Å². The van der Waals surface area contributed by atoms with Crippen LogP contribution in [0, 0.1) is 5.82 Å². The van der Waals surface area contributed by atoms with Gasteiger partial charge in [0.1, 0.15) is 17.3 Å². The van der Waals surface area contributed by atoms with Crippen LogP contribution in [0.15, 0.2) is 73.2 Å². The topological polar surface area (TPSA) is 96.0 Å². The Bertz CT molecular complexity index is 1620. The van der Waals surface area contributed by atoms with Crippen molar-refractivity contribution in [3.05, 3.63) is 90.1 Å². The van der Waals surface area contributed by atoms with Crippen LogP contribution in [0.5, 0.6) is 5.75 Å². The van der Waals surface area contributed by atoms with Crippen LogP contribution in [0.2, 0.25) is 0 Å². The normalized spacial score (nSPS) is 11.8. The lowest BCUT2D eigenvalue weighted by Crippen LogP contribution is -2.24. The first-order valence-corrected chi connectivity index (χ1v) is 12.1. The highest BCUT2D eigenvalue weighted by atomic mass is 19.1. The van der Waals surface area contributed by atoms with Crippen molar-refractivity contribution < 1.29 is 13.9 Å². The van der Waals surface area contributed by atoms with E-state index in [1.54, 1.807) is 45.9 Å². The van der Waals surface area contributed by atoms with Gasteiger partial charge in [-0.25, -0.2) is 9.37 Å². The summed E-state index contributed by atoms with van der Waals surface area (Å²) in [5.41, 5.74) is 4.46. The van der Waals surface area contributed by atoms with E-state index < -0.39 is 5.82 Å². The molecule has 2 aromatic carbocycles. The van der Waals surface area contributed by atoms with Crippen molar-refractivity contribution >= 4 is 22.6 Å². The molecule has 2 N–H and O–H groups in total. The number of carbonyl (C=O) groups excluding carboxylic acids is 1. The number of aromatic nitrogens is 4. The van der Waals surface area contributed by atoms with Gasteiger partial charge < -0.3 is 15.0 Å². The number of anilines is 1. The van der Waals surface area contributed by atoms with Gasteiger partial charge in [0.2, 0.25) is 0 Å². The number of pyridine rings is 2. The molecule has 5 rings (SSSR count). The Hall–Kier alpha value is -4.79. The molecule has 192 valence electrons. The largest absolute Gasteiger partial charge is 0.496 e. The molecule has 0 spiro atoms. The summed E-state index contributed by atoms with van der Waals surface area (Å²) in [6, 6.07) is 16.0. The van der Waals surface area contributed by atoms with Crippen LogP contribution >= 0.6 is 0 Å². The third-order valence-corrected chi connectivity index (χ3v) is 6.38. The van der Waals surface area contributed by atoms with Crippen LogP contribution in [-0.4, -0.2) is 52.2 Å². The van der Waals surface area contributed by atoms with Crippen molar-refractivity contribution in [1.82, 2.24) is 25.1 Å². The Labute approximate surface area is 219 Å². The number of carbonyl (C=O) groups is 1. The first kappa shape index (κ1) is 24.9.